The van der Waals surface area contributed by atoms with Crippen LogP contribution in [0.1, 0.15) is 5.56 Å². The SMILES string of the molecule is COc1cc(Br)cc(/C=C2/NC(=S)NC2=O)c1O. The lowest BCUT2D eigenvalue weighted by Gasteiger charge is -2.07. The number of benzene rings is 1. The molecule has 0 aliphatic carbocycles. The van der Waals surface area contributed by atoms with E-state index in [-0.39, 0.29) is 22.5 Å². The number of carbonyl (C=O) groups is 1. The Kier molecular flexibility index (Phi) is 3.53. The average molecular weight is 329 g/mol. The predicted octanol–water partition coefficient (Wildman–Crippen LogP) is 1.51. The van der Waals surface area contributed by atoms with Gasteiger partial charge in [-0.25, -0.2) is 0 Å². The van der Waals surface area contributed by atoms with Crippen LogP contribution in [0, 0.1) is 0 Å². The number of hydrogen-bond donors (Lipinski definition) is 3. The van der Waals surface area contributed by atoms with Crippen LogP contribution in [-0.4, -0.2) is 23.2 Å². The first kappa shape index (κ1) is 12.8. The van der Waals surface area contributed by atoms with E-state index in [1.54, 1.807) is 12.1 Å². The van der Waals surface area contributed by atoms with Gasteiger partial charge in [0.1, 0.15) is 5.70 Å². The summed E-state index contributed by atoms with van der Waals surface area (Å²) in [5.41, 5.74) is 0.721. The molecule has 1 aromatic rings. The van der Waals surface area contributed by atoms with Crippen LogP contribution in [0.2, 0.25) is 0 Å². The number of phenolic OH excluding ortho intramolecular Hbond substituents is 1. The Morgan fingerprint density at radius 2 is 2.17 bits per heavy atom. The minimum atomic E-state index is -0.335. The molecule has 1 amide bonds. The summed E-state index contributed by atoms with van der Waals surface area (Å²) in [5.74, 6) is -0.0591. The van der Waals surface area contributed by atoms with Crippen LogP contribution in [0.25, 0.3) is 6.08 Å². The first-order valence-corrected chi connectivity index (χ1v) is 6.12. The van der Waals surface area contributed by atoms with Crippen LogP contribution in [0.15, 0.2) is 22.3 Å². The third-order valence-corrected chi connectivity index (χ3v) is 2.97. The van der Waals surface area contributed by atoms with Crippen molar-refractivity contribution in [3.8, 4) is 11.5 Å². The van der Waals surface area contributed by atoms with Crippen molar-refractivity contribution in [3.05, 3.63) is 27.9 Å². The van der Waals surface area contributed by atoms with Crippen molar-refractivity contribution in [2.75, 3.05) is 7.11 Å². The number of ether oxygens (including phenoxy) is 1. The van der Waals surface area contributed by atoms with E-state index in [9.17, 15) is 9.90 Å². The Morgan fingerprint density at radius 1 is 1.44 bits per heavy atom. The molecule has 0 bridgehead atoms. The fraction of sp³-hybridized carbons (Fsp3) is 0.0909. The normalized spacial score (nSPS) is 16.7. The smallest absolute Gasteiger partial charge is 0.273 e. The highest BCUT2D eigenvalue weighted by Crippen LogP contribution is 2.34. The second-order valence-corrected chi connectivity index (χ2v) is 4.84. The van der Waals surface area contributed by atoms with Gasteiger partial charge in [0.05, 0.1) is 7.11 Å². The summed E-state index contributed by atoms with van der Waals surface area (Å²) in [5, 5.41) is 15.3. The standard InChI is InChI=1S/C11H9BrN2O3S/c1-17-8-4-6(12)2-5(9(8)15)3-7-10(16)14-11(18)13-7/h2-4,15H,1H3,(H2,13,14,16,18)/b7-3+. The summed E-state index contributed by atoms with van der Waals surface area (Å²) in [6.07, 6.45) is 1.50. The Labute approximate surface area is 117 Å². The third kappa shape index (κ3) is 2.46. The maximum Gasteiger partial charge on any atom is 0.273 e. The molecule has 7 heteroatoms. The van der Waals surface area contributed by atoms with E-state index < -0.39 is 0 Å². The molecular formula is C11H9BrN2O3S. The van der Waals surface area contributed by atoms with Crippen molar-refractivity contribution in [2.24, 2.45) is 0 Å². The highest BCUT2D eigenvalue weighted by Gasteiger charge is 2.21. The average Bonchev–Trinajstić information content (AvgIpc) is 2.62. The summed E-state index contributed by atoms with van der Waals surface area (Å²) >= 11 is 8.11. The highest BCUT2D eigenvalue weighted by molar-refractivity contribution is 9.10. The first-order chi connectivity index (χ1) is 8.51. The minimum Gasteiger partial charge on any atom is -0.504 e. The van der Waals surface area contributed by atoms with Gasteiger partial charge in [-0.15, -0.1) is 0 Å². The number of thiocarbonyl (C=S) groups is 1. The number of phenols is 1. The zero-order valence-corrected chi connectivity index (χ0v) is 11.7. The molecule has 0 saturated carbocycles. The van der Waals surface area contributed by atoms with Gasteiger partial charge >= 0.3 is 0 Å². The van der Waals surface area contributed by atoms with Gasteiger partial charge in [-0.2, -0.15) is 0 Å². The monoisotopic (exact) mass is 328 g/mol. The summed E-state index contributed by atoms with van der Waals surface area (Å²) in [7, 11) is 1.45. The lowest BCUT2D eigenvalue weighted by Crippen LogP contribution is -2.21. The maximum atomic E-state index is 11.5. The number of amides is 1. The molecular weight excluding hydrogens is 320 g/mol. The molecule has 18 heavy (non-hydrogen) atoms. The van der Waals surface area contributed by atoms with Crippen molar-refractivity contribution in [3.63, 3.8) is 0 Å². The van der Waals surface area contributed by atoms with Crippen molar-refractivity contribution in [1.29, 1.82) is 0 Å². The number of halogens is 1. The van der Waals surface area contributed by atoms with E-state index in [0.29, 0.717) is 11.3 Å². The number of hydrogen-bond acceptors (Lipinski definition) is 4. The number of carbonyl (C=O) groups excluding carboxylic acids is 1. The van der Waals surface area contributed by atoms with Crippen molar-refractivity contribution >= 4 is 45.2 Å². The van der Waals surface area contributed by atoms with E-state index in [2.05, 4.69) is 26.6 Å². The molecule has 94 valence electrons. The summed E-state index contributed by atoms with van der Waals surface area (Å²) in [6.45, 7) is 0. The summed E-state index contributed by atoms with van der Waals surface area (Å²) in [6, 6.07) is 3.30. The second-order valence-electron chi connectivity index (χ2n) is 3.51. The van der Waals surface area contributed by atoms with Gasteiger partial charge in [0.25, 0.3) is 5.91 Å². The number of rotatable bonds is 2. The quantitative estimate of drug-likeness (QED) is 0.567. The van der Waals surface area contributed by atoms with E-state index in [0.717, 1.165) is 4.47 Å². The van der Waals surface area contributed by atoms with Gasteiger partial charge in [0.2, 0.25) is 0 Å². The number of nitrogens with one attached hydrogen (secondary N) is 2. The molecule has 0 atom stereocenters. The third-order valence-electron chi connectivity index (χ3n) is 2.31. The number of methoxy groups -OCH3 is 1. The van der Waals surface area contributed by atoms with Crippen molar-refractivity contribution in [2.45, 2.75) is 0 Å². The molecule has 2 rings (SSSR count). The van der Waals surface area contributed by atoms with Gasteiger partial charge in [-0.05, 0) is 30.4 Å². The molecule has 1 heterocycles. The second kappa shape index (κ2) is 4.95. The van der Waals surface area contributed by atoms with Gasteiger partial charge in [0.15, 0.2) is 16.6 Å². The van der Waals surface area contributed by atoms with E-state index >= 15 is 0 Å². The lowest BCUT2D eigenvalue weighted by atomic mass is 10.1. The van der Waals surface area contributed by atoms with E-state index in [1.165, 1.54) is 13.2 Å². The van der Waals surface area contributed by atoms with Crippen LogP contribution >= 0.6 is 28.1 Å². The molecule has 5 nitrogen and oxygen atoms in total. The Hall–Kier alpha value is -1.60. The summed E-state index contributed by atoms with van der Waals surface area (Å²) < 4.78 is 5.75. The first-order valence-electron chi connectivity index (χ1n) is 4.92. The molecule has 0 unspecified atom stereocenters. The Balaban J connectivity index is 2.46. The zero-order chi connectivity index (χ0) is 13.3. The molecule has 0 aromatic heterocycles. The Bertz CT molecular complexity index is 572. The molecule has 1 saturated heterocycles. The zero-order valence-electron chi connectivity index (χ0n) is 9.28. The molecule has 1 aromatic carbocycles. The summed E-state index contributed by atoms with van der Waals surface area (Å²) in [4.78, 5) is 11.5. The van der Waals surface area contributed by atoms with Crippen molar-refractivity contribution in [1.82, 2.24) is 10.6 Å². The topological polar surface area (TPSA) is 70.6 Å². The van der Waals surface area contributed by atoms with Crippen LogP contribution in [0.3, 0.4) is 0 Å². The van der Waals surface area contributed by atoms with Crippen LogP contribution in [0.4, 0.5) is 0 Å². The van der Waals surface area contributed by atoms with Crippen LogP contribution in [0.5, 0.6) is 11.5 Å². The van der Waals surface area contributed by atoms with Crippen LogP contribution < -0.4 is 15.4 Å². The largest absolute Gasteiger partial charge is 0.504 e. The van der Waals surface area contributed by atoms with Gasteiger partial charge < -0.3 is 15.2 Å². The molecule has 1 aliphatic rings. The van der Waals surface area contributed by atoms with E-state index in [4.69, 9.17) is 17.0 Å². The molecule has 0 radical (unpaired) electrons. The van der Waals surface area contributed by atoms with E-state index in [1.807, 2.05) is 0 Å². The van der Waals surface area contributed by atoms with Crippen molar-refractivity contribution < 1.29 is 14.6 Å². The predicted molar refractivity (Wildman–Crippen MR) is 74.2 cm³/mol. The van der Waals surface area contributed by atoms with Gasteiger partial charge in [0, 0.05) is 10.0 Å². The highest BCUT2D eigenvalue weighted by atomic mass is 79.9. The number of aromatic hydroxyl groups is 1. The van der Waals surface area contributed by atoms with Gasteiger partial charge in [-0.1, -0.05) is 15.9 Å². The van der Waals surface area contributed by atoms with Gasteiger partial charge in [-0.3, -0.25) is 10.1 Å². The molecule has 3 N–H and O–H groups in total. The molecule has 1 fully saturated rings. The lowest BCUT2D eigenvalue weighted by molar-refractivity contribution is -0.115. The Morgan fingerprint density at radius 3 is 2.72 bits per heavy atom. The fourth-order valence-electron chi connectivity index (χ4n) is 1.50. The fourth-order valence-corrected chi connectivity index (χ4v) is 2.16. The molecule has 0 spiro atoms. The maximum absolute atomic E-state index is 11.5. The minimum absolute atomic E-state index is 0.0411. The van der Waals surface area contributed by atoms with Crippen LogP contribution in [-0.2, 0) is 4.79 Å². The molecule has 1 aliphatic heterocycles.